The molecule has 0 saturated heterocycles. The van der Waals surface area contributed by atoms with Crippen LogP contribution in [0.3, 0.4) is 0 Å². The van der Waals surface area contributed by atoms with Gasteiger partial charge in [0.25, 0.3) is 0 Å². The fraction of sp³-hybridized carbons (Fsp3) is 0.400. The van der Waals surface area contributed by atoms with E-state index < -0.39 is 0 Å². The normalized spacial score (nSPS) is 10.8. The minimum atomic E-state index is 0.186. The minimum Gasteiger partial charge on any atom is -0.341 e. The molecule has 0 radical (unpaired) electrons. The number of aromatic nitrogens is 5. The lowest BCUT2D eigenvalue weighted by Crippen LogP contribution is -2.25. The molecular weight excluding hydrogens is 493 g/mol. The number of halogens is 3. The van der Waals surface area contributed by atoms with E-state index in [1.54, 1.807) is 10.9 Å². The highest BCUT2D eigenvalue weighted by Crippen LogP contribution is 2.19. The Morgan fingerprint density at radius 2 is 1.89 bits per heavy atom. The van der Waals surface area contributed by atoms with E-state index in [4.69, 9.17) is 11.6 Å². The van der Waals surface area contributed by atoms with Crippen molar-refractivity contribution in [1.29, 1.82) is 0 Å². The van der Waals surface area contributed by atoms with E-state index in [1.165, 1.54) is 0 Å². The van der Waals surface area contributed by atoms with Crippen molar-refractivity contribution < 1.29 is 0 Å². The van der Waals surface area contributed by atoms with Crippen molar-refractivity contribution in [3.63, 3.8) is 0 Å². The second-order valence-corrected chi connectivity index (χ2v) is 5.95. The maximum Gasteiger partial charge on any atom is 0.241 e. The molecule has 0 spiro atoms. The second-order valence-electron chi connectivity index (χ2n) is 3.57. The summed E-state index contributed by atoms with van der Waals surface area (Å²) in [6, 6.07) is 0. The second kappa shape index (κ2) is 6.48. The van der Waals surface area contributed by atoms with Crippen LogP contribution in [-0.2, 0) is 0 Å². The lowest BCUT2D eigenvalue weighted by Gasteiger charge is -2.18. The van der Waals surface area contributed by atoms with Crippen LogP contribution in [0.2, 0.25) is 5.28 Å². The van der Waals surface area contributed by atoms with E-state index in [9.17, 15) is 0 Å². The van der Waals surface area contributed by atoms with Gasteiger partial charge in [-0.2, -0.15) is 15.0 Å². The van der Waals surface area contributed by atoms with Crippen LogP contribution in [-0.4, -0.2) is 37.6 Å². The van der Waals surface area contributed by atoms with Gasteiger partial charge in [-0.15, -0.1) is 0 Å². The van der Waals surface area contributed by atoms with Crippen LogP contribution in [0.15, 0.2) is 6.33 Å². The number of hydrogen-bond donors (Lipinski definition) is 0. The monoisotopic (exact) mass is 504 g/mol. The van der Waals surface area contributed by atoms with Crippen LogP contribution in [0, 0.1) is 7.40 Å². The minimum absolute atomic E-state index is 0.186. The molecule has 0 amide bonds. The Balaban J connectivity index is 2.50. The van der Waals surface area contributed by atoms with Gasteiger partial charge in [0.15, 0.2) is 0 Å². The van der Waals surface area contributed by atoms with Gasteiger partial charge in [0.05, 0.1) is 0 Å². The number of anilines is 1. The average Bonchev–Trinajstić information content (AvgIpc) is 2.71. The van der Waals surface area contributed by atoms with Gasteiger partial charge in [0.2, 0.25) is 17.2 Å². The van der Waals surface area contributed by atoms with Gasteiger partial charge in [0, 0.05) is 13.1 Å². The molecule has 0 atom stereocenters. The summed E-state index contributed by atoms with van der Waals surface area (Å²) in [4.78, 5) is 19.0. The molecule has 0 aliphatic rings. The first-order valence-corrected chi connectivity index (χ1v) is 8.15. The first-order chi connectivity index (χ1) is 9.06. The number of nitrogens with zero attached hydrogens (tertiary/aromatic N) is 6. The molecule has 0 bridgehead atoms. The van der Waals surface area contributed by atoms with Crippen molar-refractivity contribution in [3.05, 3.63) is 19.0 Å². The summed E-state index contributed by atoms with van der Waals surface area (Å²) in [5.41, 5.74) is 0. The summed E-state index contributed by atoms with van der Waals surface area (Å²) in [5.74, 6) is 1.07. The van der Waals surface area contributed by atoms with E-state index in [0.717, 1.165) is 20.5 Å². The third-order valence-corrected chi connectivity index (χ3v) is 5.54. The molecule has 2 heterocycles. The molecular formula is C10H11ClI2N6. The first-order valence-electron chi connectivity index (χ1n) is 5.62. The van der Waals surface area contributed by atoms with Crippen molar-refractivity contribution in [3.8, 4) is 5.95 Å². The fourth-order valence-electron chi connectivity index (χ4n) is 1.54. The quantitative estimate of drug-likeness (QED) is 0.600. The topological polar surface area (TPSA) is 59.7 Å². The summed E-state index contributed by atoms with van der Waals surface area (Å²) < 4.78 is 3.65. The Kier molecular flexibility index (Phi) is 5.17. The lowest BCUT2D eigenvalue weighted by atomic mass is 10.5. The van der Waals surface area contributed by atoms with Gasteiger partial charge in [-0.3, -0.25) is 4.57 Å². The first kappa shape index (κ1) is 15.2. The van der Waals surface area contributed by atoms with Crippen LogP contribution in [0.4, 0.5) is 5.95 Å². The molecule has 9 heteroatoms. The Morgan fingerprint density at radius 3 is 2.42 bits per heavy atom. The fourth-order valence-corrected chi connectivity index (χ4v) is 2.55. The molecule has 0 aliphatic heterocycles. The summed E-state index contributed by atoms with van der Waals surface area (Å²) >= 11 is 10.4. The molecule has 102 valence electrons. The SMILES string of the molecule is CCN(CC)c1nc(Cl)nc(-n2cnc(I)c2I)n1. The zero-order valence-corrected chi connectivity index (χ0v) is 15.4. The molecule has 0 saturated carbocycles. The third kappa shape index (κ3) is 3.27. The highest BCUT2D eigenvalue weighted by molar-refractivity contribution is 14.1. The van der Waals surface area contributed by atoms with Gasteiger partial charge in [0.1, 0.15) is 13.7 Å². The smallest absolute Gasteiger partial charge is 0.241 e. The number of hydrogen-bond acceptors (Lipinski definition) is 5. The predicted molar refractivity (Wildman–Crippen MR) is 91.0 cm³/mol. The van der Waals surface area contributed by atoms with Crippen LogP contribution in [0.1, 0.15) is 13.8 Å². The van der Waals surface area contributed by atoms with Crippen molar-refractivity contribution >= 4 is 62.7 Å². The van der Waals surface area contributed by atoms with Crippen molar-refractivity contribution in [1.82, 2.24) is 24.5 Å². The van der Waals surface area contributed by atoms with E-state index >= 15 is 0 Å². The molecule has 19 heavy (non-hydrogen) atoms. The molecule has 0 fully saturated rings. The van der Waals surface area contributed by atoms with E-state index in [-0.39, 0.29) is 5.28 Å². The van der Waals surface area contributed by atoms with Gasteiger partial charge in [-0.25, -0.2) is 4.98 Å². The Hall–Kier alpha value is -0.230. The van der Waals surface area contributed by atoms with Gasteiger partial charge < -0.3 is 4.90 Å². The highest BCUT2D eigenvalue weighted by atomic mass is 127. The molecule has 0 N–H and O–H groups in total. The Morgan fingerprint density at radius 1 is 1.21 bits per heavy atom. The van der Waals surface area contributed by atoms with Crippen LogP contribution >= 0.6 is 56.8 Å². The zero-order chi connectivity index (χ0) is 14.0. The Labute approximate surface area is 143 Å². The van der Waals surface area contributed by atoms with Crippen molar-refractivity contribution in [2.75, 3.05) is 18.0 Å². The van der Waals surface area contributed by atoms with Gasteiger partial charge in [-0.05, 0) is 70.6 Å². The Bertz CT molecular complexity index is 583. The number of rotatable bonds is 4. The van der Waals surface area contributed by atoms with Gasteiger partial charge in [-0.1, -0.05) is 0 Å². The molecule has 2 rings (SSSR count). The van der Waals surface area contributed by atoms with E-state index in [0.29, 0.717) is 11.9 Å². The standard InChI is InChI=1S/C10H11ClI2N6/c1-3-18(4-2)9-15-8(11)16-10(17-9)19-5-14-6(12)7(19)13/h5H,3-4H2,1-2H3. The van der Waals surface area contributed by atoms with Crippen molar-refractivity contribution in [2.45, 2.75) is 13.8 Å². The molecule has 0 aliphatic carbocycles. The molecule has 2 aromatic rings. The third-order valence-electron chi connectivity index (χ3n) is 2.51. The maximum absolute atomic E-state index is 5.99. The van der Waals surface area contributed by atoms with Gasteiger partial charge >= 0.3 is 0 Å². The summed E-state index contributed by atoms with van der Waals surface area (Å²) in [7, 11) is 0. The van der Waals surface area contributed by atoms with Crippen LogP contribution in [0.25, 0.3) is 5.95 Å². The van der Waals surface area contributed by atoms with Crippen molar-refractivity contribution in [2.24, 2.45) is 0 Å². The summed E-state index contributed by atoms with van der Waals surface area (Å²) in [6.07, 6.45) is 1.68. The van der Waals surface area contributed by atoms with Crippen LogP contribution < -0.4 is 4.90 Å². The highest BCUT2D eigenvalue weighted by Gasteiger charge is 2.14. The largest absolute Gasteiger partial charge is 0.341 e. The van der Waals surface area contributed by atoms with E-state index in [2.05, 4.69) is 65.1 Å². The van der Waals surface area contributed by atoms with E-state index in [1.807, 2.05) is 18.7 Å². The summed E-state index contributed by atoms with van der Waals surface area (Å²) in [5, 5.41) is 0.186. The predicted octanol–water partition coefficient (Wildman–Crippen LogP) is 2.77. The number of imidazole rings is 1. The maximum atomic E-state index is 5.99. The molecule has 6 nitrogen and oxygen atoms in total. The average molecular weight is 505 g/mol. The van der Waals surface area contributed by atoms with Crippen LogP contribution in [0.5, 0.6) is 0 Å². The molecule has 0 aromatic carbocycles. The lowest BCUT2D eigenvalue weighted by molar-refractivity contribution is 0.790. The molecule has 2 aromatic heterocycles. The summed E-state index contributed by atoms with van der Waals surface area (Å²) in [6.45, 7) is 5.72. The molecule has 0 unspecified atom stereocenters. The zero-order valence-electron chi connectivity index (χ0n) is 10.3.